The number of hydrogen-bond donors (Lipinski definition) is 2. The van der Waals surface area contributed by atoms with Crippen molar-refractivity contribution in [2.24, 2.45) is 5.16 Å². The van der Waals surface area contributed by atoms with E-state index in [0.29, 0.717) is 23.3 Å². The Labute approximate surface area is 123 Å². The molecule has 0 spiro atoms. The topological polar surface area (TPSA) is 96.0 Å². The average molecular weight is 341 g/mol. The van der Waals surface area contributed by atoms with E-state index in [2.05, 4.69) is 21.1 Å². The molecule has 2 rings (SSSR count). The molecule has 1 aliphatic rings. The van der Waals surface area contributed by atoms with Crippen molar-refractivity contribution in [2.45, 2.75) is 25.4 Å². The van der Waals surface area contributed by atoms with Crippen LogP contribution in [0.1, 0.15) is 30.9 Å². The number of benzene rings is 1. The predicted octanol–water partition coefficient (Wildman–Crippen LogP) is 3.29. The van der Waals surface area contributed by atoms with Crippen LogP contribution >= 0.6 is 15.9 Å². The Morgan fingerprint density at radius 1 is 1.30 bits per heavy atom. The lowest BCUT2D eigenvalue weighted by molar-refractivity contribution is -0.384. The van der Waals surface area contributed by atoms with Crippen LogP contribution in [0.3, 0.4) is 0 Å². The molecule has 0 radical (unpaired) electrons. The van der Waals surface area contributed by atoms with E-state index >= 15 is 0 Å². The molecule has 0 amide bonds. The van der Waals surface area contributed by atoms with Crippen molar-refractivity contribution in [3.05, 3.63) is 50.0 Å². The number of aliphatic hydroxyl groups excluding tert-OH is 1. The largest absolute Gasteiger partial charge is 0.411 e. The van der Waals surface area contributed by atoms with Crippen LogP contribution in [0.2, 0.25) is 0 Å². The van der Waals surface area contributed by atoms with Crippen LogP contribution in [0.5, 0.6) is 0 Å². The Balaban J connectivity index is 2.34. The summed E-state index contributed by atoms with van der Waals surface area (Å²) in [7, 11) is 0. The summed E-state index contributed by atoms with van der Waals surface area (Å²) in [6.45, 7) is 0. The summed E-state index contributed by atoms with van der Waals surface area (Å²) in [4.78, 5) is 10.1. The van der Waals surface area contributed by atoms with Crippen molar-refractivity contribution in [3.8, 4) is 0 Å². The molecule has 7 heteroatoms. The summed E-state index contributed by atoms with van der Waals surface area (Å²) in [5.41, 5.74) is 1.46. The highest BCUT2D eigenvalue weighted by Crippen LogP contribution is 2.35. The molecule has 1 aromatic rings. The van der Waals surface area contributed by atoms with Gasteiger partial charge in [0.05, 0.1) is 10.6 Å². The van der Waals surface area contributed by atoms with E-state index in [-0.39, 0.29) is 5.69 Å². The molecule has 1 aromatic carbocycles. The van der Waals surface area contributed by atoms with Gasteiger partial charge >= 0.3 is 0 Å². The smallest absolute Gasteiger partial charge is 0.269 e. The second-order valence-electron chi connectivity index (χ2n) is 4.47. The summed E-state index contributed by atoms with van der Waals surface area (Å²) in [5, 5.41) is 33.3. The van der Waals surface area contributed by atoms with Crippen LogP contribution in [0.15, 0.2) is 39.5 Å². The van der Waals surface area contributed by atoms with Crippen molar-refractivity contribution in [1.82, 2.24) is 0 Å². The van der Waals surface area contributed by atoms with Gasteiger partial charge in [0, 0.05) is 22.2 Å². The molecular weight excluding hydrogens is 328 g/mol. The quantitative estimate of drug-likeness (QED) is 0.501. The number of allylic oxidation sites excluding steroid dienone is 1. The monoisotopic (exact) mass is 340 g/mol. The highest BCUT2D eigenvalue weighted by molar-refractivity contribution is 9.11. The van der Waals surface area contributed by atoms with Gasteiger partial charge in [0.25, 0.3) is 5.69 Å². The fourth-order valence-corrected chi connectivity index (χ4v) is 2.92. The van der Waals surface area contributed by atoms with Gasteiger partial charge in [0.1, 0.15) is 6.10 Å². The molecule has 0 bridgehead atoms. The van der Waals surface area contributed by atoms with Crippen molar-refractivity contribution in [3.63, 3.8) is 0 Å². The first kappa shape index (κ1) is 14.7. The summed E-state index contributed by atoms with van der Waals surface area (Å²) >= 11 is 3.39. The molecule has 0 unspecified atom stereocenters. The average Bonchev–Trinajstić information content (AvgIpc) is 2.46. The summed E-state index contributed by atoms with van der Waals surface area (Å²) in [5.74, 6) is 0. The number of aliphatic hydroxyl groups is 1. The number of nitrogens with zero attached hydrogens (tertiary/aromatic N) is 2. The second kappa shape index (κ2) is 6.15. The molecule has 6 nitrogen and oxygen atoms in total. The minimum atomic E-state index is -0.976. The first-order valence-corrected chi connectivity index (χ1v) is 6.86. The van der Waals surface area contributed by atoms with E-state index < -0.39 is 11.0 Å². The van der Waals surface area contributed by atoms with Crippen LogP contribution < -0.4 is 0 Å². The molecule has 0 heterocycles. The lowest BCUT2D eigenvalue weighted by atomic mass is 9.90. The highest BCUT2D eigenvalue weighted by atomic mass is 79.9. The first-order chi connectivity index (χ1) is 9.54. The third-order valence-electron chi connectivity index (χ3n) is 3.23. The van der Waals surface area contributed by atoms with Crippen LogP contribution in [0, 0.1) is 10.1 Å². The minimum Gasteiger partial charge on any atom is -0.411 e. The Morgan fingerprint density at radius 2 is 1.95 bits per heavy atom. The summed E-state index contributed by atoms with van der Waals surface area (Å²) in [6, 6.07) is 5.68. The maximum Gasteiger partial charge on any atom is 0.269 e. The van der Waals surface area contributed by atoms with Gasteiger partial charge in [-0.05, 0) is 37.0 Å². The Bertz CT molecular complexity index is 581. The van der Waals surface area contributed by atoms with E-state index in [0.717, 1.165) is 17.3 Å². The van der Waals surface area contributed by atoms with Gasteiger partial charge in [-0.1, -0.05) is 21.1 Å². The van der Waals surface area contributed by atoms with Crippen molar-refractivity contribution in [2.75, 3.05) is 0 Å². The van der Waals surface area contributed by atoms with Gasteiger partial charge in [-0.3, -0.25) is 10.1 Å². The predicted molar refractivity (Wildman–Crippen MR) is 77.1 cm³/mol. The zero-order valence-electron chi connectivity index (χ0n) is 10.5. The summed E-state index contributed by atoms with van der Waals surface area (Å²) in [6.07, 6.45) is 1.22. The lowest BCUT2D eigenvalue weighted by Crippen LogP contribution is -2.17. The molecule has 2 N–H and O–H groups in total. The zero-order chi connectivity index (χ0) is 14.7. The number of rotatable bonds is 3. The van der Waals surface area contributed by atoms with Crippen LogP contribution in [-0.4, -0.2) is 20.9 Å². The fraction of sp³-hybridized carbons (Fsp3) is 0.308. The third kappa shape index (κ3) is 2.88. The Kier molecular flexibility index (Phi) is 4.51. The van der Waals surface area contributed by atoms with Gasteiger partial charge in [0.2, 0.25) is 0 Å². The molecule has 0 saturated heterocycles. The number of non-ortho nitro benzene ring substituents is 1. The normalized spacial score (nSPS) is 19.2. The molecule has 0 aliphatic heterocycles. The standard InChI is InChI=1S/C13H13BrN2O4/c14-10-2-1-3-11(15-18)12(10)13(17)8-4-6-9(7-5-8)16(19)20/h4-7,13,17-18H,1-3H2/b15-11+/t13-/m1/s1. The first-order valence-electron chi connectivity index (χ1n) is 6.07. The van der Waals surface area contributed by atoms with Gasteiger partial charge in [-0.15, -0.1) is 0 Å². The molecular formula is C13H13BrN2O4. The molecule has 1 aliphatic carbocycles. The maximum absolute atomic E-state index is 10.6. The van der Waals surface area contributed by atoms with Crippen LogP contribution in [-0.2, 0) is 0 Å². The Morgan fingerprint density at radius 3 is 2.50 bits per heavy atom. The molecule has 1 atom stereocenters. The van der Waals surface area contributed by atoms with Gasteiger partial charge < -0.3 is 10.3 Å². The van der Waals surface area contributed by atoms with Crippen LogP contribution in [0.25, 0.3) is 0 Å². The molecule has 0 fully saturated rings. The Hall–Kier alpha value is -1.73. The van der Waals surface area contributed by atoms with Gasteiger partial charge in [-0.2, -0.15) is 0 Å². The number of nitro benzene ring substituents is 1. The fourth-order valence-electron chi connectivity index (χ4n) is 2.19. The number of nitro groups is 1. The zero-order valence-corrected chi connectivity index (χ0v) is 12.1. The third-order valence-corrected chi connectivity index (χ3v) is 4.05. The molecule has 20 heavy (non-hydrogen) atoms. The van der Waals surface area contributed by atoms with Gasteiger partial charge in [0.15, 0.2) is 0 Å². The lowest BCUT2D eigenvalue weighted by Gasteiger charge is -2.22. The number of hydrogen-bond acceptors (Lipinski definition) is 5. The maximum atomic E-state index is 10.6. The van der Waals surface area contributed by atoms with E-state index in [4.69, 9.17) is 5.21 Å². The second-order valence-corrected chi connectivity index (χ2v) is 5.43. The molecule has 106 valence electrons. The molecule has 0 saturated carbocycles. The van der Waals surface area contributed by atoms with Gasteiger partial charge in [-0.25, -0.2) is 0 Å². The van der Waals surface area contributed by atoms with E-state index in [1.54, 1.807) is 0 Å². The summed E-state index contributed by atoms with van der Waals surface area (Å²) < 4.78 is 0.794. The minimum absolute atomic E-state index is 0.0336. The SMILES string of the molecule is O=[N+]([O-])c1ccc([C@@H](O)C2=C(Br)CCC/C2=N\O)cc1. The van der Waals surface area contributed by atoms with Crippen molar-refractivity contribution >= 4 is 27.3 Å². The van der Waals surface area contributed by atoms with Crippen molar-refractivity contribution < 1.29 is 15.2 Å². The van der Waals surface area contributed by atoms with Crippen LogP contribution in [0.4, 0.5) is 5.69 Å². The van der Waals surface area contributed by atoms with E-state index in [1.165, 1.54) is 24.3 Å². The number of oxime groups is 1. The molecule has 0 aromatic heterocycles. The highest BCUT2D eigenvalue weighted by Gasteiger charge is 2.25. The van der Waals surface area contributed by atoms with E-state index in [9.17, 15) is 15.2 Å². The van der Waals surface area contributed by atoms with E-state index in [1.807, 2.05) is 0 Å². The number of halogens is 1. The van der Waals surface area contributed by atoms with Crippen molar-refractivity contribution in [1.29, 1.82) is 0 Å².